The topological polar surface area (TPSA) is 112 Å². The zero-order valence-corrected chi connectivity index (χ0v) is 18.5. The van der Waals surface area contributed by atoms with Gasteiger partial charge in [0.2, 0.25) is 0 Å². The second-order valence-corrected chi connectivity index (χ2v) is 8.20. The second kappa shape index (κ2) is 13.1. The summed E-state index contributed by atoms with van der Waals surface area (Å²) in [7, 11) is 0. The zero-order chi connectivity index (χ0) is 22.6. The fraction of sp³-hybridized carbons (Fsp3) is 0.500. The summed E-state index contributed by atoms with van der Waals surface area (Å²) >= 11 is 0. The maximum absolute atomic E-state index is 10.5. The van der Waals surface area contributed by atoms with Gasteiger partial charge in [-0.05, 0) is 48.9 Å². The van der Waals surface area contributed by atoms with E-state index in [4.69, 9.17) is 15.2 Å². The Bertz CT molecular complexity index is 802. The molecule has 4 rings (SSSR count). The number of ether oxygens (including phenoxy) is 2. The minimum Gasteiger partial charge on any atom is -0.399 e. The van der Waals surface area contributed by atoms with Gasteiger partial charge in [0.15, 0.2) is 0 Å². The molecular formula is C24H34N4O4. The number of nitro groups is 1. The van der Waals surface area contributed by atoms with Gasteiger partial charge >= 0.3 is 0 Å². The first kappa shape index (κ1) is 24.1. The fourth-order valence-electron chi connectivity index (χ4n) is 3.74. The molecule has 2 aliphatic rings. The summed E-state index contributed by atoms with van der Waals surface area (Å²) in [5.74, 6) is 0. The Morgan fingerprint density at radius 1 is 0.844 bits per heavy atom. The maximum atomic E-state index is 10.5. The highest BCUT2D eigenvalue weighted by atomic mass is 16.6. The summed E-state index contributed by atoms with van der Waals surface area (Å²) < 4.78 is 11.0. The molecule has 2 aliphatic heterocycles. The molecule has 0 unspecified atom stereocenters. The smallest absolute Gasteiger partial charge is 0.269 e. The van der Waals surface area contributed by atoms with Crippen LogP contribution in [0.1, 0.15) is 36.8 Å². The predicted octanol–water partition coefficient (Wildman–Crippen LogP) is 3.40. The van der Waals surface area contributed by atoms with E-state index in [2.05, 4.69) is 22.8 Å². The fourth-order valence-corrected chi connectivity index (χ4v) is 3.74. The number of rotatable bonds is 9. The molecule has 8 nitrogen and oxygen atoms in total. The van der Waals surface area contributed by atoms with E-state index in [-0.39, 0.29) is 10.6 Å². The molecule has 2 heterocycles. The van der Waals surface area contributed by atoms with Crippen molar-refractivity contribution >= 4 is 11.4 Å². The summed E-state index contributed by atoms with van der Waals surface area (Å²) in [5.41, 5.74) is 8.88. The molecule has 2 aromatic carbocycles. The lowest BCUT2D eigenvalue weighted by molar-refractivity contribution is -0.384. The lowest BCUT2D eigenvalue weighted by Crippen LogP contribution is -2.25. The molecule has 0 amide bonds. The Kier molecular flexibility index (Phi) is 9.90. The number of nitrogens with zero attached hydrogens (tertiary/aromatic N) is 1. The third kappa shape index (κ3) is 8.55. The quantitative estimate of drug-likeness (QED) is 0.310. The molecule has 0 radical (unpaired) electrons. The molecule has 0 aromatic heterocycles. The number of anilines is 1. The number of nitrogens with one attached hydrogen (secondary N) is 2. The summed E-state index contributed by atoms with van der Waals surface area (Å²) in [6.07, 6.45) is 5.40. The summed E-state index contributed by atoms with van der Waals surface area (Å²) in [6.45, 7) is 5.19. The highest BCUT2D eigenvalue weighted by Crippen LogP contribution is 2.13. The normalized spacial score (nSPS) is 20.0. The van der Waals surface area contributed by atoms with Gasteiger partial charge < -0.3 is 25.8 Å². The van der Waals surface area contributed by atoms with Crippen LogP contribution in [0.5, 0.6) is 0 Å². The molecule has 0 aliphatic carbocycles. The van der Waals surface area contributed by atoms with Crippen molar-refractivity contribution in [2.45, 2.75) is 51.0 Å². The van der Waals surface area contributed by atoms with Crippen LogP contribution < -0.4 is 16.4 Å². The third-order valence-electron chi connectivity index (χ3n) is 5.58. The lowest BCUT2D eigenvalue weighted by atomic mass is 10.2. The monoisotopic (exact) mass is 442 g/mol. The average molecular weight is 443 g/mol. The minimum atomic E-state index is -0.385. The van der Waals surface area contributed by atoms with Crippen LogP contribution in [0.4, 0.5) is 11.4 Å². The SMILES string of the molecule is Nc1ccc(CNC[C@H]2CCCO2)cc1.O=[N+]([O-])c1ccc(CNC[C@H]2CCCO2)cc1. The van der Waals surface area contributed by atoms with Crippen molar-refractivity contribution in [3.05, 3.63) is 69.8 Å². The molecule has 174 valence electrons. The van der Waals surface area contributed by atoms with Crippen LogP contribution in [0.2, 0.25) is 0 Å². The standard InChI is InChI=1S/C12H16N2O3.C12H18N2O/c15-14(16)11-5-3-10(4-6-11)8-13-9-12-2-1-7-17-12;13-11-5-3-10(4-6-11)8-14-9-12-2-1-7-15-12/h3-6,12-13H,1-2,7-9H2;3-6,12,14H,1-2,7-9,13H2/t2*12-/m11/s1. The van der Waals surface area contributed by atoms with Crippen molar-refractivity contribution in [3.8, 4) is 0 Å². The van der Waals surface area contributed by atoms with Crippen LogP contribution in [-0.4, -0.2) is 43.4 Å². The van der Waals surface area contributed by atoms with E-state index in [1.54, 1.807) is 12.1 Å². The van der Waals surface area contributed by atoms with Gasteiger partial charge in [-0.3, -0.25) is 10.1 Å². The first-order valence-electron chi connectivity index (χ1n) is 11.3. The molecule has 0 bridgehead atoms. The van der Waals surface area contributed by atoms with Crippen LogP contribution in [0.15, 0.2) is 48.5 Å². The number of nitrogens with two attached hydrogens (primary N) is 1. The second-order valence-electron chi connectivity index (χ2n) is 8.20. The highest BCUT2D eigenvalue weighted by Gasteiger charge is 2.15. The molecule has 2 aromatic rings. The molecule has 2 fully saturated rings. The largest absolute Gasteiger partial charge is 0.399 e. The molecule has 2 saturated heterocycles. The van der Waals surface area contributed by atoms with E-state index in [1.807, 2.05) is 12.1 Å². The molecule has 2 atom stereocenters. The van der Waals surface area contributed by atoms with E-state index in [0.29, 0.717) is 12.2 Å². The molecule has 8 heteroatoms. The van der Waals surface area contributed by atoms with Crippen LogP contribution >= 0.6 is 0 Å². The summed E-state index contributed by atoms with van der Waals surface area (Å²) in [5, 5.41) is 17.2. The van der Waals surface area contributed by atoms with Crippen LogP contribution in [0.3, 0.4) is 0 Å². The predicted molar refractivity (Wildman–Crippen MR) is 125 cm³/mol. The van der Waals surface area contributed by atoms with Gasteiger partial charge in [-0.25, -0.2) is 0 Å². The summed E-state index contributed by atoms with van der Waals surface area (Å²) in [6, 6.07) is 14.6. The van der Waals surface area contributed by atoms with Gasteiger partial charge in [0.05, 0.1) is 17.1 Å². The van der Waals surface area contributed by atoms with Crippen molar-refractivity contribution in [1.82, 2.24) is 10.6 Å². The van der Waals surface area contributed by atoms with E-state index < -0.39 is 0 Å². The number of non-ortho nitro benzene ring substituents is 1. The van der Waals surface area contributed by atoms with Crippen LogP contribution in [0, 0.1) is 10.1 Å². The van der Waals surface area contributed by atoms with E-state index in [9.17, 15) is 10.1 Å². The van der Waals surface area contributed by atoms with Crippen molar-refractivity contribution in [2.75, 3.05) is 32.0 Å². The van der Waals surface area contributed by atoms with E-state index in [1.165, 1.54) is 30.5 Å². The van der Waals surface area contributed by atoms with Crippen molar-refractivity contribution in [2.24, 2.45) is 0 Å². The average Bonchev–Trinajstić information content (AvgIpc) is 3.51. The van der Waals surface area contributed by atoms with Gasteiger partial charge in [0.25, 0.3) is 5.69 Å². The number of nitro benzene ring substituents is 1. The number of hydrogen-bond donors (Lipinski definition) is 3. The highest BCUT2D eigenvalue weighted by molar-refractivity contribution is 5.39. The Labute approximate surface area is 189 Å². The van der Waals surface area contributed by atoms with Gasteiger partial charge in [-0.15, -0.1) is 0 Å². The molecular weight excluding hydrogens is 408 g/mol. The van der Waals surface area contributed by atoms with Crippen molar-refractivity contribution in [3.63, 3.8) is 0 Å². The first-order chi connectivity index (χ1) is 15.6. The van der Waals surface area contributed by atoms with Crippen molar-refractivity contribution < 1.29 is 14.4 Å². The van der Waals surface area contributed by atoms with Crippen LogP contribution in [0.25, 0.3) is 0 Å². The third-order valence-corrected chi connectivity index (χ3v) is 5.58. The van der Waals surface area contributed by atoms with Gasteiger partial charge in [0, 0.05) is 57.2 Å². The Balaban J connectivity index is 0.000000182. The van der Waals surface area contributed by atoms with E-state index >= 15 is 0 Å². The van der Waals surface area contributed by atoms with Crippen LogP contribution in [-0.2, 0) is 22.6 Å². The van der Waals surface area contributed by atoms with Gasteiger partial charge in [0.1, 0.15) is 0 Å². The molecule has 32 heavy (non-hydrogen) atoms. The number of hydrogen-bond acceptors (Lipinski definition) is 7. The van der Waals surface area contributed by atoms with Gasteiger partial charge in [-0.1, -0.05) is 24.3 Å². The zero-order valence-electron chi connectivity index (χ0n) is 18.5. The van der Waals surface area contributed by atoms with E-state index in [0.717, 1.165) is 63.5 Å². The Morgan fingerprint density at radius 3 is 1.72 bits per heavy atom. The summed E-state index contributed by atoms with van der Waals surface area (Å²) in [4.78, 5) is 10.1. The van der Waals surface area contributed by atoms with Crippen molar-refractivity contribution in [1.29, 1.82) is 0 Å². The van der Waals surface area contributed by atoms with Gasteiger partial charge in [-0.2, -0.15) is 0 Å². The number of nitrogen functional groups attached to an aromatic ring is 1. The lowest BCUT2D eigenvalue weighted by Gasteiger charge is -2.10. The maximum Gasteiger partial charge on any atom is 0.269 e. The number of benzene rings is 2. The Morgan fingerprint density at radius 2 is 1.31 bits per heavy atom. The first-order valence-corrected chi connectivity index (χ1v) is 11.3. The molecule has 4 N–H and O–H groups in total. The molecule has 0 spiro atoms. The molecule has 0 saturated carbocycles. The Hall–Kier alpha value is -2.52. The minimum absolute atomic E-state index is 0.132.